The Morgan fingerprint density at radius 2 is 1.81 bits per heavy atom. The summed E-state index contributed by atoms with van der Waals surface area (Å²) in [5.41, 5.74) is 3.57. The van der Waals surface area contributed by atoms with Crippen molar-refractivity contribution in [1.29, 1.82) is 0 Å². The van der Waals surface area contributed by atoms with E-state index in [4.69, 9.17) is 21.1 Å². The fourth-order valence-corrected chi connectivity index (χ4v) is 5.14. The predicted molar refractivity (Wildman–Crippen MR) is 162 cm³/mol. The summed E-state index contributed by atoms with van der Waals surface area (Å²) in [5, 5.41) is 24.7. The van der Waals surface area contributed by atoms with Crippen molar-refractivity contribution in [2.75, 3.05) is 50.1 Å². The number of nitrogens with one attached hydrogen (secondary N) is 1. The highest BCUT2D eigenvalue weighted by Gasteiger charge is 2.18. The number of benzene rings is 2. The molecule has 2 aromatic heterocycles. The van der Waals surface area contributed by atoms with Crippen molar-refractivity contribution in [2.45, 2.75) is 39.0 Å². The first kappa shape index (κ1) is 29.5. The van der Waals surface area contributed by atoms with Crippen LogP contribution in [0.4, 0.5) is 17.3 Å². The summed E-state index contributed by atoms with van der Waals surface area (Å²) in [6.45, 7) is 8.69. The maximum Gasteiger partial charge on any atom is 0.227 e. The van der Waals surface area contributed by atoms with Gasteiger partial charge in [-0.05, 0) is 67.1 Å². The quantitative estimate of drug-likeness (QED) is 0.263. The lowest BCUT2D eigenvalue weighted by atomic mass is 10.1. The molecule has 0 aliphatic carbocycles. The van der Waals surface area contributed by atoms with Gasteiger partial charge in [-0.25, -0.2) is 14.6 Å². The van der Waals surface area contributed by atoms with E-state index in [9.17, 15) is 5.11 Å². The molecule has 0 spiro atoms. The van der Waals surface area contributed by atoms with Gasteiger partial charge >= 0.3 is 0 Å². The van der Waals surface area contributed by atoms with Crippen molar-refractivity contribution < 1.29 is 14.6 Å². The fourth-order valence-electron chi connectivity index (χ4n) is 4.98. The van der Waals surface area contributed by atoms with Crippen LogP contribution >= 0.6 is 11.6 Å². The van der Waals surface area contributed by atoms with Crippen LogP contribution in [0, 0.1) is 0 Å². The second-order valence-corrected chi connectivity index (χ2v) is 10.8. The Hall–Kier alpha value is -4.00. The molecule has 1 fully saturated rings. The van der Waals surface area contributed by atoms with E-state index in [0.717, 1.165) is 55.1 Å². The van der Waals surface area contributed by atoms with Gasteiger partial charge in [0.15, 0.2) is 0 Å². The number of tetrazole rings is 1. The van der Waals surface area contributed by atoms with Crippen molar-refractivity contribution in [1.82, 2.24) is 35.1 Å². The highest BCUT2D eigenvalue weighted by Crippen LogP contribution is 2.33. The summed E-state index contributed by atoms with van der Waals surface area (Å²) in [5.74, 6) is 1.72. The maximum absolute atomic E-state index is 9.75. The minimum atomic E-state index is -0.320. The van der Waals surface area contributed by atoms with Gasteiger partial charge in [-0.15, -0.1) is 5.10 Å². The minimum absolute atomic E-state index is 0.199. The molecule has 12 nitrogen and oxygen atoms in total. The molecule has 3 heterocycles. The number of aromatic nitrogens is 6. The maximum atomic E-state index is 9.75. The van der Waals surface area contributed by atoms with Crippen LogP contribution in [0.5, 0.6) is 11.5 Å². The van der Waals surface area contributed by atoms with Crippen LogP contribution in [-0.4, -0.2) is 92.2 Å². The zero-order chi connectivity index (χ0) is 29.5. The Kier molecular flexibility index (Phi) is 9.67. The van der Waals surface area contributed by atoms with Crippen LogP contribution in [0.3, 0.4) is 0 Å². The Morgan fingerprint density at radius 3 is 2.55 bits per heavy atom. The SMILES string of the molecule is COc1cc(N2CCCN(CC(C)O)CC2)ccc1Nc1ncc(-c2ccc(Cl)c(O[C@@H](C)Cn3cnnn3)c2)cn1. The van der Waals surface area contributed by atoms with Gasteiger partial charge in [0.2, 0.25) is 5.95 Å². The molecule has 1 unspecified atom stereocenters. The first-order chi connectivity index (χ1) is 20.4. The van der Waals surface area contributed by atoms with Crippen molar-refractivity contribution in [3.63, 3.8) is 0 Å². The molecular weight excluding hydrogens is 558 g/mol. The second-order valence-electron chi connectivity index (χ2n) is 10.4. The number of β-amino-alcohol motifs (C(OH)–C–C–N with tert-alkyl or cyclic N) is 1. The monoisotopic (exact) mass is 593 g/mol. The van der Waals surface area contributed by atoms with E-state index < -0.39 is 0 Å². The Bertz CT molecular complexity index is 1440. The Labute approximate surface area is 250 Å². The Morgan fingerprint density at radius 1 is 0.976 bits per heavy atom. The first-order valence-corrected chi connectivity index (χ1v) is 14.4. The van der Waals surface area contributed by atoms with Gasteiger partial charge in [-0.1, -0.05) is 17.7 Å². The average molecular weight is 594 g/mol. The minimum Gasteiger partial charge on any atom is -0.494 e. The van der Waals surface area contributed by atoms with Gasteiger partial charge in [-0.2, -0.15) is 0 Å². The molecule has 1 aliphatic heterocycles. The smallest absolute Gasteiger partial charge is 0.227 e. The fraction of sp³-hybridized carbons (Fsp3) is 0.414. The number of ether oxygens (including phenoxy) is 2. The summed E-state index contributed by atoms with van der Waals surface area (Å²) in [6, 6.07) is 11.7. The summed E-state index contributed by atoms with van der Waals surface area (Å²) >= 11 is 6.41. The van der Waals surface area contributed by atoms with E-state index >= 15 is 0 Å². The van der Waals surface area contributed by atoms with Gasteiger partial charge in [0.25, 0.3) is 0 Å². The molecule has 0 bridgehead atoms. The van der Waals surface area contributed by atoms with E-state index in [-0.39, 0.29) is 12.2 Å². The number of methoxy groups -OCH3 is 1. The van der Waals surface area contributed by atoms with Crippen LogP contribution in [0.2, 0.25) is 5.02 Å². The van der Waals surface area contributed by atoms with E-state index in [0.29, 0.717) is 35.6 Å². The van der Waals surface area contributed by atoms with Gasteiger partial charge in [0.1, 0.15) is 23.9 Å². The third kappa shape index (κ3) is 7.64. The van der Waals surface area contributed by atoms with Crippen molar-refractivity contribution >= 4 is 28.9 Å². The summed E-state index contributed by atoms with van der Waals surface area (Å²) in [4.78, 5) is 13.7. The number of rotatable bonds is 11. The molecular formula is C29H36ClN9O3. The standard InChI is InChI=1S/C29H36ClN9O3/c1-20(40)17-37-9-4-10-38(12-11-37)24-6-8-26(28(14-24)41-3)34-29-31-15-23(16-32-29)22-5-7-25(30)27(13-22)42-21(2)18-39-19-33-35-36-39/h5-8,13-16,19-21,40H,4,9-12,17-18H2,1-3H3,(H,31,32,34)/t20?,21-/m0/s1. The number of nitrogens with zero attached hydrogens (tertiary/aromatic N) is 8. The van der Waals surface area contributed by atoms with Crippen molar-refractivity contribution in [3.8, 4) is 22.6 Å². The molecule has 0 radical (unpaired) electrons. The number of aliphatic hydroxyl groups excluding tert-OH is 1. The zero-order valence-electron chi connectivity index (χ0n) is 24.0. The first-order valence-electron chi connectivity index (χ1n) is 14.0. The average Bonchev–Trinajstić information content (AvgIpc) is 3.38. The van der Waals surface area contributed by atoms with E-state index in [2.05, 4.69) is 46.7 Å². The molecule has 13 heteroatoms. The summed E-state index contributed by atoms with van der Waals surface area (Å²) < 4.78 is 13.4. The lowest BCUT2D eigenvalue weighted by Crippen LogP contribution is -2.35. The molecule has 1 aliphatic rings. The molecule has 1 saturated heterocycles. The molecule has 42 heavy (non-hydrogen) atoms. The van der Waals surface area contributed by atoms with Gasteiger partial charge < -0.3 is 24.8 Å². The molecule has 5 rings (SSSR count). The highest BCUT2D eigenvalue weighted by molar-refractivity contribution is 6.32. The third-order valence-electron chi connectivity index (χ3n) is 6.99. The molecule has 0 saturated carbocycles. The number of hydrogen-bond acceptors (Lipinski definition) is 11. The van der Waals surface area contributed by atoms with Crippen LogP contribution in [0.15, 0.2) is 55.1 Å². The highest BCUT2D eigenvalue weighted by atomic mass is 35.5. The lowest BCUT2D eigenvalue weighted by molar-refractivity contribution is 0.131. The van der Waals surface area contributed by atoms with E-state index in [1.807, 2.05) is 38.1 Å². The van der Waals surface area contributed by atoms with Crippen LogP contribution in [-0.2, 0) is 6.54 Å². The van der Waals surface area contributed by atoms with Crippen LogP contribution in [0.1, 0.15) is 20.3 Å². The van der Waals surface area contributed by atoms with Gasteiger partial charge in [0, 0.05) is 55.9 Å². The molecule has 2 atom stereocenters. The molecule has 4 aromatic rings. The Balaban J connectivity index is 1.24. The largest absolute Gasteiger partial charge is 0.494 e. The zero-order valence-corrected chi connectivity index (χ0v) is 24.8. The molecule has 2 N–H and O–H groups in total. The number of halogens is 1. The van der Waals surface area contributed by atoms with E-state index in [1.165, 1.54) is 0 Å². The number of aliphatic hydroxyl groups is 1. The van der Waals surface area contributed by atoms with Crippen molar-refractivity contribution in [3.05, 3.63) is 60.1 Å². The summed E-state index contributed by atoms with van der Waals surface area (Å²) in [6.07, 6.45) is 5.57. The van der Waals surface area contributed by atoms with Crippen LogP contribution in [0.25, 0.3) is 11.1 Å². The lowest BCUT2D eigenvalue weighted by Gasteiger charge is -2.25. The molecule has 222 valence electrons. The topological polar surface area (TPSA) is 127 Å². The van der Waals surface area contributed by atoms with Gasteiger partial charge in [0.05, 0.1) is 30.5 Å². The van der Waals surface area contributed by atoms with Crippen molar-refractivity contribution in [2.24, 2.45) is 0 Å². The van der Waals surface area contributed by atoms with Crippen LogP contribution < -0.4 is 19.7 Å². The second kappa shape index (κ2) is 13.8. The third-order valence-corrected chi connectivity index (χ3v) is 7.30. The number of anilines is 3. The predicted octanol–water partition coefficient (Wildman–Crippen LogP) is 3.90. The number of hydrogen-bond donors (Lipinski definition) is 2. The molecule has 2 aromatic carbocycles. The molecule has 0 amide bonds. The summed E-state index contributed by atoms with van der Waals surface area (Å²) in [7, 11) is 1.66. The van der Waals surface area contributed by atoms with Gasteiger partial charge in [-0.3, -0.25) is 4.90 Å². The van der Waals surface area contributed by atoms with E-state index in [1.54, 1.807) is 36.6 Å². The normalized spacial score (nSPS) is 15.6.